The summed E-state index contributed by atoms with van der Waals surface area (Å²) in [5.41, 5.74) is 0. The van der Waals surface area contributed by atoms with Crippen LogP contribution in [0.5, 0.6) is 0 Å². The second kappa shape index (κ2) is 5.65. The fourth-order valence-electron chi connectivity index (χ4n) is 0.730. The maximum Gasteiger partial charge on any atom is 0.637 e. The van der Waals surface area contributed by atoms with Crippen LogP contribution >= 0.6 is 0 Å². The molecule has 0 N–H and O–H groups in total. The van der Waals surface area contributed by atoms with Crippen molar-refractivity contribution in [3.63, 3.8) is 0 Å². The van der Waals surface area contributed by atoms with Crippen LogP contribution < -0.4 is 0 Å². The summed E-state index contributed by atoms with van der Waals surface area (Å²) in [6, 6.07) is 0. The Morgan fingerprint density at radius 2 is 1.72 bits per heavy atom. The van der Waals surface area contributed by atoms with Gasteiger partial charge in [-0.3, -0.25) is 25.0 Å². The minimum atomic E-state index is -4.27. The third-order valence-electron chi connectivity index (χ3n) is 1.59. The Hall–Kier alpha value is -2.60. The molecule has 0 aromatic carbocycles. The molecular formula is C5H7FN4O8. The highest BCUT2D eigenvalue weighted by molar-refractivity contribution is 5.65. The van der Waals surface area contributed by atoms with Crippen molar-refractivity contribution in [3.05, 3.63) is 30.3 Å². The van der Waals surface area contributed by atoms with E-state index in [2.05, 4.69) is 4.74 Å². The van der Waals surface area contributed by atoms with Crippen LogP contribution in [0.25, 0.3) is 0 Å². The molecule has 0 amide bonds. The number of hydrazine groups is 1. The maximum absolute atomic E-state index is 13.3. The third-order valence-corrected chi connectivity index (χ3v) is 1.59. The lowest BCUT2D eigenvalue weighted by molar-refractivity contribution is -0.842. The summed E-state index contributed by atoms with van der Waals surface area (Å²) >= 11 is 0. The van der Waals surface area contributed by atoms with Crippen molar-refractivity contribution in [2.24, 2.45) is 0 Å². The number of carbonyl (C=O) groups excluding carboxylic acids is 1. The van der Waals surface area contributed by atoms with Crippen molar-refractivity contribution >= 4 is 5.97 Å². The fraction of sp³-hybridized carbons (Fsp3) is 0.800. The van der Waals surface area contributed by atoms with E-state index in [-0.39, 0.29) is 5.01 Å². The first kappa shape index (κ1) is 15.4. The monoisotopic (exact) mass is 270 g/mol. The van der Waals surface area contributed by atoms with Gasteiger partial charge < -0.3 is 4.74 Å². The van der Waals surface area contributed by atoms with Crippen LogP contribution in [0, 0.1) is 30.3 Å². The van der Waals surface area contributed by atoms with Gasteiger partial charge in [-0.15, -0.1) is 0 Å². The summed E-state index contributed by atoms with van der Waals surface area (Å²) in [4.78, 5) is 37.3. The van der Waals surface area contributed by atoms with Gasteiger partial charge in [-0.1, -0.05) is 9.40 Å². The Morgan fingerprint density at radius 1 is 1.28 bits per heavy atom. The van der Waals surface area contributed by atoms with Gasteiger partial charge in [0.1, 0.15) is 9.85 Å². The molecule has 102 valence electrons. The first-order valence-corrected chi connectivity index (χ1v) is 4.11. The summed E-state index contributed by atoms with van der Waals surface area (Å²) in [6.45, 7) is -2.09. The summed E-state index contributed by atoms with van der Waals surface area (Å²) in [5, 5.41) is 29.1. The van der Waals surface area contributed by atoms with Crippen LogP contribution in [0.2, 0.25) is 0 Å². The van der Waals surface area contributed by atoms with Gasteiger partial charge in [-0.2, -0.15) is 0 Å². The molecule has 0 aliphatic rings. The van der Waals surface area contributed by atoms with Crippen molar-refractivity contribution < 1.29 is 28.8 Å². The van der Waals surface area contributed by atoms with Crippen LogP contribution in [0.3, 0.4) is 0 Å². The molecule has 0 saturated heterocycles. The Balaban J connectivity index is 4.95. The lowest BCUT2D eigenvalue weighted by Crippen LogP contribution is -2.53. The number of esters is 1. The average Bonchev–Trinajstić information content (AvgIpc) is 2.22. The van der Waals surface area contributed by atoms with Crippen molar-refractivity contribution in [1.82, 2.24) is 5.01 Å². The highest BCUT2D eigenvalue weighted by Gasteiger charge is 2.61. The highest BCUT2D eigenvalue weighted by atomic mass is 19.2. The van der Waals surface area contributed by atoms with E-state index >= 15 is 0 Å². The van der Waals surface area contributed by atoms with Crippen molar-refractivity contribution in [1.29, 1.82) is 0 Å². The second-order valence-electron chi connectivity index (χ2n) is 2.90. The van der Waals surface area contributed by atoms with Crippen LogP contribution in [0.15, 0.2) is 0 Å². The molecule has 0 saturated carbocycles. The number of hydrogen-bond acceptors (Lipinski definition) is 8. The lowest BCUT2D eigenvalue weighted by atomic mass is 10.4. The number of alkyl halides is 1. The molecule has 12 nitrogen and oxygen atoms in total. The van der Waals surface area contributed by atoms with Gasteiger partial charge in [0.15, 0.2) is 5.03 Å². The van der Waals surface area contributed by atoms with Crippen molar-refractivity contribution in [2.75, 3.05) is 13.3 Å². The average molecular weight is 270 g/mol. The van der Waals surface area contributed by atoms with E-state index in [9.17, 15) is 39.5 Å². The number of halogens is 1. The Kier molecular flexibility index (Phi) is 4.83. The van der Waals surface area contributed by atoms with Crippen LogP contribution in [-0.2, 0) is 9.53 Å². The molecule has 0 fully saturated rings. The molecule has 0 heterocycles. The molecular weight excluding hydrogens is 263 g/mol. The van der Waals surface area contributed by atoms with E-state index in [1.807, 2.05) is 0 Å². The predicted octanol–water partition coefficient (Wildman–Crippen LogP) is -0.823. The summed E-state index contributed by atoms with van der Waals surface area (Å²) in [7, 11) is 0. The zero-order chi connectivity index (χ0) is 14.5. The Bertz CT molecular complexity index is 372. The van der Waals surface area contributed by atoms with E-state index in [1.54, 1.807) is 0 Å². The number of carbonyl (C=O) groups is 1. The molecule has 0 aliphatic heterocycles. The number of hydrogen-bond donors (Lipinski definition) is 0. The van der Waals surface area contributed by atoms with E-state index in [0.717, 1.165) is 6.92 Å². The van der Waals surface area contributed by atoms with Crippen molar-refractivity contribution in [3.8, 4) is 0 Å². The first-order chi connectivity index (χ1) is 8.11. The normalized spacial score (nSPS) is 10.6. The largest absolute Gasteiger partial charge is 0.637 e. The standard InChI is InChI=1S/C5H7FN4O8/c1-4(11)18-3-7(10(16)17)2-5(6,8(12)13)9(14)15/h2-3H2,1H3. The predicted molar refractivity (Wildman–Crippen MR) is 48.2 cm³/mol. The molecule has 0 unspecified atom stereocenters. The number of rotatable bonds is 7. The van der Waals surface area contributed by atoms with E-state index in [1.165, 1.54) is 0 Å². The molecule has 0 aromatic heterocycles. The van der Waals surface area contributed by atoms with E-state index in [0.29, 0.717) is 0 Å². The summed E-state index contributed by atoms with van der Waals surface area (Å²) in [6.07, 6.45) is 0. The van der Waals surface area contributed by atoms with Gasteiger partial charge in [-0.05, 0) is 0 Å². The fourth-order valence-corrected chi connectivity index (χ4v) is 0.730. The lowest BCUT2D eigenvalue weighted by Gasteiger charge is -2.14. The quantitative estimate of drug-likeness (QED) is 0.189. The topological polar surface area (TPSA) is 159 Å². The molecule has 13 heteroatoms. The first-order valence-electron chi connectivity index (χ1n) is 4.11. The van der Waals surface area contributed by atoms with Gasteiger partial charge in [0.2, 0.25) is 6.73 Å². The van der Waals surface area contributed by atoms with Crippen molar-refractivity contribution in [2.45, 2.75) is 12.8 Å². The second-order valence-corrected chi connectivity index (χ2v) is 2.90. The number of nitrogens with zero attached hydrogens (tertiary/aromatic N) is 4. The zero-order valence-electron chi connectivity index (χ0n) is 8.85. The van der Waals surface area contributed by atoms with Gasteiger partial charge in [-0.25, -0.2) is 10.1 Å². The Morgan fingerprint density at radius 3 is 2.00 bits per heavy atom. The molecule has 0 aromatic rings. The highest BCUT2D eigenvalue weighted by Crippen LogP contribution is 2.15. The summed E-state index contributed by atoms with van der Waals surface area (Å²) < 4.78 is 17.4. The Labute approximate surface area is 97.3 Å². The zero-order valence-corrected chi connectivity index (χ0v) is 8.85. The molecule has 18 heavy (non-hydrogen) atoms. The molecule has 0 radical (unpaired) electrons. The smallest absolute Gasteiger partial charge is 0.439 e. The van der Waals surface area contributed by atoms with Gasteiger partial charge in [0.25, 0.3) is 6.54 Å². The molecule has 0 spiro atoms. The van der Waals surface area contributed by atoms with E-state index < -0.39 is 40.0 Å². The van der Waals surface area contributed by atoms with Crippen LogP contribution in [0.4, 0.5) is 4.39 Å². The van der Waals surface area contributed by atoms with Gasteiger partial charge >= 0.3 is 11.9 Å². The van der Waals surface area contributed by atoms with Gasteiger partial charge in [0.05, 0.1) is 0 Å². The maximum atomic E-state index is 13.3. The van der Waals surface area contributed by atoms with Crippen LogP contribution in [-0.4, -0.2) is 45.0 Å². The number of ether oxygens (including phenoxy) is 1. The SMILES string of the molecule is CC(=O)OCN(CC(F)([N+](=O)[O-])[N+](=O)[O-])[N+](=O)[O-]. The van der Waals surface area contributed by atoms with Crippen LogP contribution in [0.1, 0.15) is 6.92 Å². The molecule has 0 rings (SSSR count). The minimum Gasteiger partial charge on any atom is -0.439 e. The van der Waals surface area contributed by atoms with Gasteiger partial charge in [0, 0.05) is 6.92 Å². The molecule has 0 aliphatic carbocycles. The van der Waals surface area contributed by atoms with E-state index in [4.69, 9.17) is 0 Å². The third kappa shape index (κ3) is 3.76. The minimum absolute atomic E-state index is 0.299. The molecule has 0 bridgehead atoms. The number of nitro groups is 3. The summed E-state index contributed by atoms with van der Waals surface area (Å²) in [5.74, 6) is -5.25. The molecule has 0 atom stereocenters.